The van der Waals surface area contributed by atoms with Crippen LogP contribution in [0.3, 0.4) is 0 Å². The zero-order valence-corrected chi connectivity index (χ0v) is 18.1. The van der Waals surface area contributed by atoms with Gasteiger partial charge in [0.1, 0.15) is 0 Å². The standard InChI is InChI=1S/C26H28O4/c1-27-23-15-13-19(17-25(23)29-3)21-11-9-7-5-6-8-10-12-22(21)20-14-16-24(28-2)26(18-20)30-4/h13-18,21-22H,5-8H2,1-4H3. The van der Waals surface area contributed by atoms with Crippen molar-refractivity contribution in [1.29, 1.82) is 0 Å². The molecule has 0 fully saturated rings. The minimum atomic E-state index is -0.103. The van der Waals surface area contributed by atoms with Crippen LogP contribution < -0.4 is 18.9 Å². The van der Waals surface area contributed by atoms with E-state index in [2.05, 4.69) is 23.7 Å². The molecule has 0 bridgehead atoms. The Bertz CT molecular complexity index is 906. The first-order valence-electron chi connectivity index (χ1n) is 10.1. The summed E-state index contributed by atoms with van der Waals surface area (Å²) in [5, 5.41) is 0. The molecule has 0 N–H and O–H groups in total. The van der Waals surface area contributed by atoms with Crippen molar-refractivity contribution < 1.29 is 18.9 Å². The summed E-state index contributed by atoms with van der Waals surface area (Å²) in [6.07, 6.45) is 3.90. The highest BCUT2D eigenvalue weighted by atomic mass is 16.5. The van der Waals surface area contributed by atoms with E-state index >= 15 is 0 Å². The van der Waals surface area contributed by atoms with Gasteiger partial charge in [-0.3, -0.25) is 0 Å². The van der Waals surface area contributed by atoms with E-state index in [0.717, 1.165) is 36.8 Å². The molecule has 2 aromatic carbocycles. The predicted octanol–water partition coefficient (Wildman–Crippen LogP) is 5.17. The Hall–Kier alpha value is -3.24. The maximum absolute atomic E-state index is 5.53. The van der Waals surface area contributed by atoms with Gasteiger partial charge in [0.25, 0.3) is 0 Å². The van der Waals surface area contributed by atoms with Crippen LogP contribution in [0.2, 0.25) is 0 Å². The van der Waals surface area contributed by atoms with Gasteiger partial charge in [0, 0.05) is 12.8 Å². The molecular weight excluding hydrogens is 376 g/mol. The van der Waals surface area contributed by atoms with Crippen LogP contribution in [-0.2, 0) is 0 Å². The lowest BCUT2D eigenvalue weighted by Crippen LogP contribution is -2.10. The topological polar surface area (TPSA) is 36.9 Å². The van der Waals surface area contributed by atoms with Gasteiger partial charge in [0.15, 0.2) is 23.0 Å². The minimum absolute atomic E-state index is 0.103. The Balaban J connectivity index is 2.12. The van der Waals surface area contributed by atoms with Crippen LogP contribution in [0.1, 0.15) is 48.6 Å². The summed E-state index contributed by atoms with van der Waals surface area (Å²) in [5.74, 6) is 16.3. The third kappa shape index (κ3) is 4.84. The summed E-state index contributed by atoms with van der Waals surface area (Å²) < 4.78 is 21.9. The van der Waals surface area contributed by atoms with E-state index in [4.69, 9.17) is 18.9 Å². The normalized spacial score (nSPS) is 18.1. The van der Waals surface area contributed by atoms with Gasteiger partial charge in [-0.25, -0.2) is 0 Å². The summed E-state index contributed by atoms with van der Waals surface area (Å²) in [7, 11) is 6.57. The summed E-state index contributed by atoms with van der Waals surface area (Å²) in [6.45, 7) is 0. The maximum atomic E-state index is 5.53. The average Bonchev–Trinajstić information content (AvgIpc) is 2.81. The molecule has 0 heterocycles. The summed E-state index contributed by atoms with van der Waals surface area (Å²) >= 11 is 0. The molecule has 30 heavy (non-hydrogen) atoms. The van der Waals surface area contributed by atoms with E-state index in [1.54, 1.807) is 28.4 Å². The smallest absolute Gasteiger partial charge is 0.161 e. The molecule has 2 unspecified atom stereocenters. The number of benzene rings is 2. The van der Waals surface area contributed by atoms with Crippen molar-refractivity contribution in [3.63, 3.8) is 0 Å². The van der Waals surface area contributed by atoms with Crippen LogP contribution in [0.4, 0.5) is 0 Å². The lowest BCUT2D eigenvalue weighted by molar-refractivity contribution is 0.354. The first-order chi connectivity index (χ1) is 14.7. The van der Waals surface area contributed by atoms with Gasteiger partial charge in [0.05, 0.1) is 40.3 Å². The van der Waals surface area contributed by atoms with E-state index in [9.17, 15) is 0 Å². The molecule has 0 aliphatic heterocycles. The Labute approximate surface area is 179 Å². The number of ether oxygens (including phenoxy) is 4. The van der Waals surface area contributed by atoms with Crippen LogP contribution >= 0.6 is 0 Å². The SMILES string of the molecule is COc1ccc(C2C#CCCCCC#CC2c2ccc(OC)c(OC)c2)cc1OC. The molecule has 1 aliphatic carbocycles. The van der Waals surface area contributed by atoms with Gasteiger partial charge >= 0.3 is 0 Å². The first-order valence-corrected chi connectivity index (χ1v) is 10.1. The largest absolute Gasteiger partial charge is 0.493 e. The van der Waals surface area contributed by atoms with E-state index in [1.807, 2.05) is 36.4 Å². The molecule has 156 valence electrons. The lowest BCUT2D eigenvalue weighted by atomic mass is 9.81. The van der Waals surface area contributed by atoms with Crippen molar-refractivity contribution in [2.24, 2.45) is 0 Å². The molecule has 0 aromatic heterocycles. The van der Waals surface area contributed by atoms with Crippen molar-refractivity contribution in [2.75, 3.05) is 28.4 Å². The van der Waals surface area contributed by atoms with Crippen LogP contribution in [0.5, 0.6) is 23.0 Å². The summed E-state index contributed by atoms with van der Waals surface area (Å²) in [5.41, 5.74) is 2.10. The Morgan fingerprint density at radius 1 is 0.600 bits per heavy atom. The second-order valence-electron chi connectivity index (χ2n) is 7.03. The number of rotatable bonds is 6. The zero-order chi connectivity index (χ0) is 21.3. The molecule has 3 rings (SSSR count). The van der Waals surface area contributed by atoms with E-state index in [-0.39, 0.29) is 11.8 Å². The van der Waals surface area contributed by atoms with Crippen LogP contribution in [0, 0.1) is 23.7 Å². The Kier molecular flexibility index (Phi) is 7.52. The van der Waals surface area contributed by atoms with Crippen LogP contribution in [0.15, 0.2) is 36.4 Å². The third-order valence-corrected chi connectivity index (χ3v) is 5.24. The molecule has 1 aliphatic rings. The van der Waals surface area contributed by atoms with Crippen molar-refractivity contribution >= 4 is 0 Å². The Morgan fingerprint density at radius 3 is 1.37 bits per heavy atom. The second kappa shape index (κ2) is 10.5. The molecule has 4 nitrogen and oxygen atoms in total. The monoisotopic (exact) mass is 404 g/mol. The van der Waals surface area contributed by atoms with Crippen LogP contribution in [0.25, 0.3) is 0 Å². The maximum Gasteiger partial charge on any atom is 0.161 e. The van der Waals surface area contributed by atoms with Gasteiger partial charge in [-0.05, 0) is 48.2 Å². The highest BCUT2D eigenvalue weighted by Gasteiger charge is 2.24. The Morgan fingerprint density at radius 2 is 1.00 bits per heavy atom. The van der Waals surface area contributed by atoms with E-state index in [1.165, 1.54) is 0 Å². The zero-order valence-electron chi connectivity index (χ0n) is 18.1. The molecule has 0 amide bonds. The lowest BCUT2D eigenvalue weighted by Gasteiger charge is -2.22. The van der Waals surface area contributed by atoms with Gasteiger partial charge in [0.2, 0.25) is 0 Å². The van der Waals surface area contributed by atoms with Gasteiger partial charge in [-0.15, -0.1) is 11.8 Å². The number of methoxy groups -OCH3 is 4. The van der Waals surface area contributed by atoms with Gasteiger partial charge < -0.3 is 18.9 Å². The molecule has 4 heteroatoms. The molecule has 0 saturated carbocycles. The van der Waals surface area contributed by atoms with Gasteiger partial charge in [-0.1, -0.05) is 24.0 Å². The fraction of sp³-hybridized carbons (Fsp3) is 0.385. The number of hydrogen-bond donors (Lipinski definition) is 0. The van der Waals surface area contributed by atoms with Crippen molar-refractivity contribution in [2.45, 2.75) is 37.5 Å². The quantitative estimate of drug-likeness (QED) is 0.623. The van der Waals surface area contributed by atoms with E-state index in [0.29, 0.717) is 23.0 Å². The molecule has 2 aromatic rings. The van der Waals surface area contributed by atoms with Crippen molar-refractivity contribution in [3.8, 4) is 46.7 Å². The third-order valence-electron chi connectivity index (χ3n) is 5.24. The second-order valence-corrected chi connectivity index (χ2v) is 7.03. The highest BCUT2D eigenvalue weighted by molar-refractivity contribution is 5.51. The summed E-state index contributed by atoms with van der Waals surface area (Å²) in [4.78, 5) is 0. The number of hydrogen-bond acceptors (Lipinski definition) is 4. The minimum Gasteiger partial charge on any atom is -0.493 e. The van der Waals surface area contributed by atoms with Gasteiger partial charge in [-0.2, -0.15) is 0 Å². The molecule has 0 saturated heterocycles. The average molecular weight is 405 g/mol. The molecule has 0 radical (unpaired) electrons. The van der Waals surface area contributed by atoms with Crippen molar-refractivity contribution in [3.05, 3.63) is 47.5 Å². The first kappa shape index (κ1) is 21.5. The fourth-order valence-electron chi connectivity index (χ4n) is 3.60. The molecule has 0 spiro atoms. The predicted molar refractivity (Wildman–Crippen MR) is 119 cm³/mol. The molecular formula is C26H28O4. The van der Waals surface area contributed by atoms with Crippen LogP contribution in [-0.4, -0.2) is 28.4 Å². The van der Waals surface area contributed by atoms with E-state index < -0.39 is 0 Å². The molecule has 2 atom stereocenters. The van der Waals surface area contributed by atoms with Crippen molar-refractivity contribution in [1.82, 2.24) is 0 Å². The summed E-state index contributed by atoms with van der Waals surface area (Å²) in [6, 6.07) is 11.9. The fourth-order valence-corrected chi connectivity index (χ4v) is 3.60. The highest BCUT2D eigenvalue weighted by Crippen LogP contribution is 2.39.